The van der Waals surface area contributed by atoms with Gasteiger partial charge in [0.05, 0.1) is 18.7 Å². The highest BCUT2D eigenvalue weighted by Crippen LogP contribution is 2.21. The van der Waals surface area contributed by atoms with E-state index >= 15 is 0 Å². The summed E-state index contributed by atoms with van der Waals surface area (Å²) in [4.78, 5) is 25.4. The summed E-state index contributed by atoms with van der Waals surface area (Å²) >= 11 is 0. The summed E-state index contributed by atoms with van der Waals surface area (Å²) in [6.45, 7) is 1.58. The Labute approximate surface area is 111 Å². The monoisotopic (exact) mass is 260 g/mol. The number of benzene rings is 1. The van der Waals surface area contributed by atoms with E-state index in [4.69, 9.17) is 4.74 Å². The molecule has 2 atom stereocenters. The number of piperazine rings is 1. The SMILES string of the molecule is O=C1NC2CCOCC2N(Cc2ccccc2)C1=O. The number of amides is 2. The number of fused-ring (bicyclic) bond motifs is 1. The fraction of sp³-hybridized carbons (Fsp3) is 0.429. The first-order valence-electron chi connectivity index (χ1n) is 6.49. The quantitative estimate of drug-likeness (QED) is 0.778. The van der Waals surface area contributed by atoms with Crippen molar-refractivity contribution in [1.82, 2.24) is 10.2 Å². The van der Waals surface area contributed by atoms with Gasteiger partial charge in [-0.25, -0.2) is 0 Å². The number of carbonyl (C=O) groups is 2. The Bertz CT molecular complexity index is 489. The lowest BCUT2D eigenvalue weighted by atomic mass is 9.98. The minimum absolute atomic E-state index is 0.0164. The molecule has 19 heavy (non-hydrogen) atoms. The molecule has 3 rings (SSSR count). The summed E-state index contributed by atoms with van der Waals surface area (Å²) in [5.41, 5.74) is 1.02. The minimum atomic E-state index is -0.501. The van der Waals surface area contributed by atoms with E-state index in [9.17, 15) is 9.59 Å². The zero-order chi connectivity index (χ0) is 13.2. The molecule has 5 nitrogen and oxygen atoms in total. The van der Waals surface area contributed by atoms with Crippen molar-refractivity contribution in [2.24, 2.45) is 0 Å². The molecule has 100 valence electrons. The Kier molecular flexibility index (Phi) is 3.21. The molecule has 0 spiro atoms. The van der Waals surface area contributed by atoms with Crippen molar-refractivity contribution in [3.05, 3.63) is 35.9 Å². The van der Waals surface area contributed by atoms with Gasteiger partial charge >= 0.3 is 11.8 Å². The van der Waals surface area contributed by atoms with E-state index in [0.717, 1.165) is 12.0 Å². The molecule has 2 heterocycles. The number of nitrogens with zero attached hydrogens (tertiary/aromatic N) is 1. The fourth-order valence-electron chi connectivity index (χ4n) is 2.68. The van der Waals surface area contributed by atoms with Crippen molar-refractivity contribution in [3.63, 3.8) is 0 Å². The van der Waals surface area contributed by atoms with Crippen LogP contribution in [-0.2, 0) is 20.9 Å². The van der Waals surface area contributed by atoms with Crippen LogP contribution in [0.4, 0.5) is 0 Å². The Morgan fingerprint density at radius 3 is 2.84 bits per heavy atom. The zero-order valence-electron chi connectivity index (χ0n) is 10.5. The molecular formula is C14H16N2O3. The average Bonchev–Trinajstić information content (AvgIpc) is 2.45. The number of nitrogens with one attached hydrogen (secondary N) is 1. The summed E-state index contributed by atoms with van der Waals surface area (Å²) in [6, 6.07) is 9.66. The van der Waals surface area contributed by atoms with E-state index in [2.05, 4.69) is 5.32 Å². The molecule has 2 amide bonds. The van der Waals surface area contributed by atoms with Gasteiger partial charge in [-0.15, -0.1) is 0 Å². The lowest BCUT2D eigenvalue weighted by Crippen LogP contribution is -2.66. The van der Waals surface area contributed by atoms with Crippen molar-refractivity contribution >= 4 is 11.8 Å². The van der Waals surface area contributed by atoms with Crippen LogP contribution < -0.4 is 5.32 Å². The van der Waals surface area contributed by atoms with Crippen LogP contribution in [0.3, 0.4) is 0 Å². The molecule has 1 aromatic rings. The smallest absolute Gasteiger partial charge is 0.312 e. The van der Waals surface area contributed by atoms with Gasteiger partial charge in [-0.2, -0.15) is 0 Å². The third-order valence-corrected chi connectivity index (χ3v) is 3.69. The highest BCUT2D eigenvalue weighted by molar-refractivity contribution is 6.35. The second-order valence-electron chi connectivity index (χ2n) is 4.93. The van der Waals surface area contributed by atoms with Crippen molar-refractivity contribution in [1.29, 1.82) is 0 Å². The van der Waals surface area contributed by atoms with Crippen LogP contribution in [0.2, 0.25) is 0 Å². The maximum absolute atomic E-state index is 12.0. The maximum atomic E-state index is 12.0. The molecule has 2 unspecified atom stereocenters. The second-order valence-corrected chi connectivity index (χ2v) is 4.93. The molecule has 2 fully saturated rings. The van der Waals surface area contributed by atoms with Crippen molar-refractivity contribution < 1.29 is 14.3 Å². The molecule has 2 saturated heterocycles. The van der Waals surface area contributed by atoms with E-state index in [-0.39, 0.29) is 12.1 Å². The van der Waals surface area contributed by atoms with Crippen LogP contribution in [0, 0.1) is 0 Å². The molecule has 5 heteroatoms. The predicted octanol–water partition coefficient (Wildman–Crippen LogP) is 0.302. The first kappa shape index (κ1) is 12.2. The molecule has 0 radical (unpaired) electrons. The summed E-state index contributed by atoms with van der Waals surface area (Å²) in [7, 11) is 0. The summed E-state index contributed by atoms with van der Waals surface area (Å²) in [6.07, 6.45) is 0.759. The number of ether oxygens (including phenoxy) is 1. The van der Waals surface area contributed by atoms with Crippen LogP contribution in [0.15, 0.2) is 30.3 Å². The van der Waals surface area contributed by atoms with Crippen LogP contribution in [0.25, 0.3) is 0 Å². The second kappa shape index (κ2) is 5.01. The van der Waals surface area contributed by atoms with Gasteiger partial charge in [0.1, 0.15) is 0 Å². The van der Waals surface area contributed by atoms with E-state index in [0.29, 0.717) is 19.8 Å². The highest BCUT2D eigenvalue weighted by Gasteiger charge is 2.41. The number of hydrogen-bond acceptors (Lipinski definition) is 3. The summed E-state index contributed by atoms with van der Waals surface area (Å²) in [5.74, 6) is -0.963. The highest BCUT2D eigenvalue weighted by atomic mass is 16.5. The Morgan fingerprint density at radius 1 is 1.26 bits per heavy atom. The zero-order valence-corrected chi connectivity index (χ0v) is 10.5. The third kappa shape index (κ3) is 2.33. The predicted molar refractivity (Wildman–Crippen MR) is 68.1 cm³/mol. The molecule has 0 saturated carbocycles. The maximum Gasteiger partial charge on any atom is 0.312 e. The van der Waals surface area contributed by atoms with E-state index < -0.39 is 11.8 Å². The van der Waals surface area contributed by atoms with E-state index in [1.165, 1.54) is 0 Å². The average molecular weight is 260 g/mol. The Morgan fingerprint density at radius 2 is 2.05 bits per heavy atom. The molecule has 2 aliphatic rings. The molecular weight excluding hydrogens is 244 g/mol. The van der Waals surface area contributed by atoms with Crippen molar-refractivity contribution in [2.45, 2.75) is 25.0 Å². The molecule has 0 bridgehead atoms. The normalized spacial score (nSPS) is 26.8. The lowest BCUT2D eigenvalue weighted by Gasteiger charge is -2.43. The largest absolute Gasteiger partial charge is 0.379 e. The van der Waals surface area contributed by atoms with Gasteiger partial charge in [-0.1, -0.05) is 30.3 Å². The van der Waals surface area contributed by atoms with Gasteiger partial charge in [-0.05, 0) is 12.0 Å². The Balaban J connectivity index is 1.83. The molecule has 2 aliphatic heterocycles. The molecule has 1 aromatic carbocycles. The fourth-order valence-corrected chi connectivity index (χ4v) is 2.68. The Hall–Kier alpha value is -1.88. The topological polar surface area (TPSA) is 58.6 Å². The standard InChI is InChI=1S/C14H16N2O3/c17-13-14(18)16(8-10-4-2-1-3-5-10)12-9-19-7-6-11(12)15-13/h1-5,11-12H,6-9H2,(H,15,17). The third-order valence-electron chi connectivity index (χ3n) is 3.69. The van der Waals surface area contributed by atoms with E-state index in [1.54, 1.807) is 4.90 Å². The molecule has 0 aliphatic carbocycles. The van der Waals surface area contributed by atoms with Gasteiger partial charge in [-0.3, -0.25) is 9.59 Å². The minimum Gasteiger partial charge on any atom is -0.379 e. The van der Waals surface area contributed by atoms with Gasteiger partial charge in [0.15, 0.2) is 0 Å². The van der Waals surface area contributed by atoms with Crippen LogP contribution in [-0.4, -0.2) is 42.0 Å². The first-order chi connectivity index (χ1) is 9.25. The summed E-state index contributed by atoms with van der Waals surface area (Å²) in [5, 5.41) is 2.77. The van der Waals surface area contributed by atoms with Crippen LogP contribution in [0.5, 0.6) is 0 Å². The van der Waals surface area contributed by atoms with Gasteiger partial charge in [0.25, 0.3) is 0 Å². The van der Waals surface area contributed by atoms with Crippen molar-refractivity contribution in [3.8, 4) is 0 Å². The number of rotatable bonds is 2. The molecule has 0 aromatic heterocycles. The lowest BCUT2D eigenvalue weighted by molar-refractivity contribution is -0.157. The number of hydrogen-bond donors (Lipinski definition) is 1. The number of carbonyl (C=O) groups excluding carboxylic acids is 2. The van der Waals surface area contributed by atoms with Gasteiger partial charge < -0.3 is 15.0 Å². The summed E-state index contributed by atoms with van der Waals surface area (Å²) < 4.78 is 5.45. The van der Waals surface area contributed by atoms with Crippen LogP contribution >= 0.6 is 0 Å². The van der Waals surface area contributed by atoms with Gasteiger partial charge in [0.2, 0.25) is 0 Å². The van der Waals surface area contributed by atoms with Gasteiger partial charge in [0, 0.05) is 13.2 Å². The molecule has 1 N–H and O–H groups in total. The van der Waals surface area contributed by atoms with Crippen LogP contribution in [0.1, 0.15) is 12.0 Å². The first-order valence-corrected chi connectivity index (χ1v) is 6.49. The van der Waals surface area contributed by atoms with Crippen molar-refractivity contribution in [2.75, 3.05) is 13.2 Å². The van der Waals surface area contributed by atoms with E-state index in [1.807, 2.05) is 30.3 Å².